The molecule has 3 amide bonds. The van der Waals surface area contributed by atoms with Crippen molar-refractivity contribution in [2.24, 2.45) is 0 Å². The summed E-state index contributed by atoms with van der Waals surface area (Å²) in [6.45, 7) is 0.189. The van der Waals surface area contributed by atoms with Gasteiger partial charge in [-0.15, -0.1) is 0 Å². The van der Waals surface area contributed by atoms with Crippen molar-refractivity contribution in [3.05, 3.63) is 90.0 Å². The van der Waals surface area contributed by atoms with Gasteiger partial charge >= 0.3 is 6.03 Å². The van der Waals surface area contributed by atoms with Gasteiger partial charge in [0.15, 0.2) is 0 Å². The zero-order valence-corrected chi connectivity index (χ0v) is 15.7. The molecule has 0 saturated carbocycles. The molecule has 0 radical (unpaired) electrons. The first-order valence-corrected chi connectivity index (χ1v) is 9.36. The minimum Gasteiger partial charge on any atom is -0.457 e. The van der Waals surface area contributed by atoms with E-state index in [4.69, 9.17) is 10.5 Å². The Hall–Kier alpha value is -3.80. The lowest BCUT2D eigenvalue weighted by Gasteiger charge is -2.14. The van der Waals surface area contributed by atoms with Crippen molar-refractivity contribution in [1.82, 2.24) is 10.2 Å². The number of hydrogen-bond acceptors (Lipinski definition) is 4. The normalized spacial score (nSPS) is 16.0. The third kappa shape index (κ3) is 4.38. The van der Waals surface area contributed by atoms with E-state index < -0.39 is 6.04 Å². The number of nitrogens with one attached hydrogen (secondary N) is 1. The van der Waals surface area contributed by atoms with Gasteiger partial charge in [-0.3, -0.25) is 9.69 Å². The molecule has 1 saturated heterocycles. The van der Waals surface area contributed by atoms with Crippen LogP contribution in [0.2, 0.25) is 0 Å². The molecule has 1 aliphatic rings. The summed E-state index contributed by atoms with van der Waals surface area (Å²) in [5.41, 5.74) is 8.12. The molecule has 29 heavy (non-hydrogen) atoms. The number of ether oxygens (including phenoxy) is 1. The fourth-order valence-corrected chi connectivity index (χ4v) is 3.27. The number of anilines is 1. The van der Waals surface area contributed by atoms with Crippen LogP contribution in [0.3, 0.4) is 0 Å². The van der Waals surface area contributed by atoms with Crippen molar-refractivity contribution in [3.8, 4) is 11.5 Å². The largest absolute Gasteiger partial charge is 0.457 e. The molecular formula is C23H21N3O3. The second-order valence-electron chi connectivity index (χ2n) is 6.93. The summed E-state index contributed by atoms with van der Waals surface area (Å²) in [7, 11) is 0. The highest BCUT2D eigenvalue weighted by atomic mass is 16.5. The number of benzene rings is 3. The lowest BCUT2D eigenvalue weighted by molar-refractivity contribution is -0.127. The first-order valence-electron chi connectivity index (χ1n) is 9.36. The molecule has 1 unspecified atom stereocenters. The van der Waals surface area contributed by atoms with E-state index >= 15 is 0 Å². The SMILES string of the molecule is Nc1ccc(CC2NC(=O)N(Cc3cccc(Oc4ccccc4)c3)C2=O)cc1. The molecule has 0 aromatic heterocycles. The smallest absolute Gasteiger partial charge is 0.325 e. The highest BCUT2D eigenvalue weighted by molar-refractivity contribution is 6.04. The van der Waals surface area contributed by atoms with Crippen LogP contribution in [-0.2, 0) is 17.8 Å². The fraction of sp³-hybridized carbons (Fsp3) is 0.130. The van der Waals surface area contributed by atoms with E-state index in [1.54, 1.807) is 12.1 Å². The highest BCUT2D eigenvalue weighted by Gasteiger charge is 2.37. The Morgan fingerprint density at radius 1 is 0.862 bits per heavy atom. The van der Waals surface area contributed by atoms with E-state index in [2.05, 4.69) is 5.32 Å². The van der Waals surface area contributed by atoms with Crippen LogP contribution in [0.5, 0.6) is 11.5 Å². The van der Waals surface area contributed by atoms with Crippen LogP contribution >= 0.6 is 0 Å². The van der Waals surface area contributed by atoms with Crippen LogP contribution < -0.4 is 15.8 Å². The maximum absolute atomic E-state index is 12.8. The molecule has 3 aromatic carbocycles. The zero-order valence-electron chi connectivity index (χ0n) is 15.7. The molecule has 1 atom stereocenters. The van der Waals surface area contributed by atoms with Gasteiger partial charge in [0.1, 0.15) is 17.5 Å². The van der Waals surface area contributed by atoms with Crippen molar-refractivity contribution >= 4 is 17.6 Å². The molecule has 6 heteroatoms. The number of urea groups is 1. The van der Waals surface area contributed by atoms with Gasteiger partial charge in [-0.1, -0.05) is 42.5 Å². The summed E-state index contributed by atoms with van der Waals surface area (Å²) in [6.07, 6.45) is 0.429. The number of nitrogens with two attached hydrogens (primary N) is 1. The summed E-state index contributed by atoms with van der Waals surface area (Å²) in [6, 6.07) is 23.2. The molecule has 1 fully saturated rings. The Balaban J connectivity index is 1.43. The molecule has 3 N–H and O–H groups in total. The van der Waals surface area contributed by atoms with E-state index in [-0.39, 0.29) is 18.5 Å². The fourth-order valence-electron chi connectivity index (χ4n) is 3.27. The monoisotopic (exact) mass is 387 g/mol. The average molecular weight is 387 g/mol. The standard InChI is InChI=1S/C23H21N3O3/c24-18-11-9-16(10-12-18)14-21-22(27)26(23(28)25-21)15-17-5-4-8-20(13-17)29-19-6-2-1-3-7-19/h1-13,21H,14-15,24H2,(H,25,28). The minimum absolute atomic E-state index is 0.189. The molecule has 1 heterocycles. The number of imide groups is 1. The Morgan fingerprint density at radius 3 is 2.34 bits per heavy atom. The van der Waals surface area contributed by atoms with E-state index in [1.807, 2.05) is 66.7 Å². The summed E-state index contributed by atoms with van der Waals surface area (Å²) >= 11 is 0. The number of carbonyl (C=O) groups excluding carboxylic acids is 2. The van der Waals surface area contributed by atoms with Gasteiger partial charge in [-0.2, -0.15) is 0 Å². The number of nitrogen functional groups attached to an aromatic ring is 1. The second-order valence-corrected chi connectivity index (χ2v) is 6.93. The van der Waals surface area contributed by atoms with Crippen molar-refractivity contribution in [2.45, 2.75) is 19.0 Å². The summed E-state index contributed by atoms with van der Waals surface area (Å²) in [4.78, 5) is 26.4. The summed E-state index contributed by atoms with van der Waals surface area (Å²) in [5.74, 6) is 1.14. The van der Waals surface area contributed by atoms with Gasteiger partial charge in [-0.25, -0.2) is 4.79 Å². The van der Waals surface area contributed by atoms with E-state index in [9.17, 15) is 9.59 Å². The topological polar surface area (TPSA) is 84.7 Å². The van der Waals surface area contributed by atoms with Gasteiger partial charge in [0.25, 0.3) is 5.91 Å². The number of amides is 3. The molecule has 146 valence electrons. The number of hydrogen-bond donors (Lipinski definition) is 2. The van der Waals surface area contributed by atoms with Crippen molar-refractivity contribution < 1.29 is 14.3 Å². The summed E-state index contributed by atoms with van der Waals surface area (Å²) < 4.78 is 5.83. The Morgan fingerprint density at radius 2 is 1.59 bits per heavy atom. The van der Waals surface area contributed by atoms with Gasteiger partial charge in [0, 0.05) is 12.1 Å². The molecule has 4 rings (SSSR count). The number of rotatable bonds is 6. The van der Waals surface area contributed by atoms with Crippen LogP contribution in [-0.4, -0.2) is 22.9 Å². The molecule has 6 nitrogen and oxygen atoms in total. The lowest BCUT2D eigenvalue weighted by Crippen LogP contribution is -2.32. The van der Waals surface area contributed by atoms with Gasteiger partial charge < -0.3 is 15.8 Å². The van der Waals surface area contributed by atoms with Crippen LogP contribution in [0, 0.1) is 0 Å². The minimum atomic E-state index is -0.574. The lowest BCUT2D eigenvalue weighted by atomic mass is 10.1. The van der Waals surface area contributed by atoms with E-state index in [1.165, 1.54) is 4.90 Å². The maximum atomic E-state index is 12.8. The molecule has 0 spiro atoms. The molecular weight excluding hydrogens is 366 g/mol. The van der Waals surface area contributed by atoms with E-state index in [0.29, 0.717) is 17.9 Å². The number of carbonyl (C=O) groups is 2. The zero-order chi connectivity index (χ0) is 20.2. The molecule has 1 aliphatic heterocycles. The third-order valence-corrected chi connectivity index (χ3v) is 4.74. The third-order valence-electron chi connectivity index (χ3n) is 4.74. The quantitative estimate of drug-likeness (QED) is 0.499. The first-order chi connectivity index (χ1) is 14.1. The predicted molar refractivity (Wildman–Crippen MR) is 110 cm³/mol. The van der Waals surface area contributed by atoms with Crippen LogP contribution in [0.25, 0.3) is 0 Å². The van der Waals surface area contributed by atoms with Crippen molar-refractivity contribution in [3.63, 3.8) is 0 Å². The van der Waals surface area contributed by atoms with E-state index in [0.717, 1.165) is 16.9 Å². The van der Waals surface area contributed by atoms with Crippen LogP contribution in [0.4, 0.5) is 10.5 Å². The van der Waals surface area contributed by atoms with Crippen molar-refractivity contribution in [2.75, 3.05) is 5.73 Å². The Bertz CT molecular complexity index is 1020. The van der Waals surface area contributed by atoms with Gasteiger partial charge in [0.2, 0.25) is 0 Å². The van der Waals surface area contributed by atoms with Crippen LogP contribution in [0.1, 0.15) is 11.1 Å². The Labute approximate surface area is 168 Å². The van der Waals surface area contributed by atoms with Gasteiger partial charge in [0.05, 0.1) is 6.54 Å². The average Bonchev–Trinajstić information content (AvgIpc) is 2.98. The second kappa shape index (κ2) is 8.06. The highest BCUT2D eigenvalue weighted by Crippen LogP contribution is 2.23. The predicted octanol–water partition coefficient (Wildman–Crippen LogP) is 3.72. The van der Waals surface area contributed by atoms with Crippen LogP contribution in [0.15, 0.2) is 78.9 Å². The summed E-state index contributed by atoms with van der Waals surface area (Å²) in [5, 5.41) is 2.77. The Kier molecular flexibility index (Phi) is 5.16. The molecule has 0 aliphatic carbocycles. The number of nitrogens with zero attached hydrogens (tertiary/aromatic N) is 1. The van der Waals surface area contributed by atoms with Gasteiger partial charge in [-0.05, 0) is 47.5 Å². The maximum Gasteiger partial charge on any atom is 0.325 e. The first kappa shape index (κ1) is 18.6. The number of para-hydroxylation sites is 1. The molecule has 0 bridgehead atoms. The van der Waals surface area contributed by atoms with Crippen molar-refractivity contribution in [1.29, 1.82) is 0 Å². The molecule has 3 aromatic rings.